The number of aryl methyl sites for hydroxylation is 1. The lowest BCUT2D eigenvalue weighted by molar-refractivity contribution is -0.384. The molecular formula is C12H18N4O3. The number of nitro groups is 1. The molecule has 0 aliphatic carbocycles. The first-order valence-electron chi connectivity index (χ1n) is 6.40. The summed E-state index contributed by atoms with van der Waals surface area (Å²) in [4.78, 5) is 24.5. The zero-order valence-electron chi connectivity index (χ0n) is 11.1. The first kappa shape index (κ1) is 13.5. The van der Waals surface area contributed by atoms with Gasteiger partial charge in [0.2, 0.25) is 0 Å². The highest BCUT2D eigenvalue weighted by Gasteiger charge is 2.26. The minimum atomic E-state index is -0.469. The Morgan fingerprint density at radius 1 is 1.63 bits per heavy atom. The summed E-state index contributed by atoms with van der Waals surface area (Å²) in [5.74, 6) is -0.136. The van der Waals surface area contributed by atoms with E-state index in [9.17, 15) is 14.9 Å². The van der Waals surface area contributed by atoms with Crippen LogP contribution in [-0.4, -0.2) is 46.0 Å². The Morgan fingerprint density at radius 3 is 2.95 bits per heavy atom. The van der Waals surface area contributed by atoms with Crippen molar-refractivity contribution in [1.82, 2.24) is 14.8 Å². The van der Waals surface area contributed by atoms with Crippen LogP contribution in [0, 0.1) is 10.1 Å². The summed E-state index contributed by atoms with van der Waals surface area (Å²) >= 11 is 0. The Kier molecular flexibility index (Phi) is 3.84. The minimum Gasteiger partial charge on any atom is -0.337 e. The van der Waals surface area contributed by atoms with E-state index in [0.29, 0.717) is 25.3 Å². The molecule has 1 fully saturated rings. The molecule has 1 N–H and O–H groups in total. The van der Waals surface area contributed by atoms with Gasteiger partial charge < -0.3 is 14.8 Å². The van der Waals surface area contributed by atoms with E-state index in [-0.39, 0.29) is 17.6 Å². The summed E-state index contributed by atoms with van der Waals surface area (Å²) in [5.41, 5.74) is 0.358. The van der Waals surface area contributed by atoms with Crippen molar-refractivity contribution in [2.75, 3.05) is 19.6 Å². The smallest absolute Gasteiger partial charge is 0.287 e. The van der Waals surface area contributed by atoms with Gasteiger partial charge in [-0.15, -0.1) is 0 Å². The molecule has 0 bridgehead atoms. The second-order valence-electron chi connectivity index (χ2n) is 4.73. The third-order valence-corrected chi connectivity index (χ3v) is 3.31. The summed E-state index contributed by atoms with van der Waals surface area (Å²) in [6, 6.07) is 1.61. The molecular weight excluding hydrogens is 248 g/mol. The Bertz CT molecular complexity index is 497. The zero-order chi connectivity index (χ0) is 14.0. The average molecular weight is 266 g/mol. The van der Waals surface area contributed by atoms with Crippen LogP contribution in [0.1, 0.15) is 24.3 Å². The maximum atomic E-state index is 12.4. The first-order valence-corrected chi connectivity index (χ1v) is 6.40. The van der Waals surface area contributed by atoms with E-state index >= 15 is 0 Å². The van der Waals surface area contributed by atoms with Crippen molar-refractivity contribution in [3.63, 3.8) is 0 Å². The van der Waals surface area contributed by atoms with Crippen molar-refractivity contribution in [2.24, 2.45) is 0 Å². The Balaban J connectivity index is 2.24. The van der Waals surface area contributed by atoms with Crippen LogP contribution in [0.25, 0.3) is 0 Å². The van der Waals surface area contributed by atoms with Gasteiger partial charge in [-0.25, -0.2) is 0 Å². The number of piperazine rings is 1. The number of carbonyl (C=O) groups excluding carboxylic acids is 1. The summed E-state index contributed by atoms with van der Waals surface area (Å²) < 4.78 is 1.63. The second kappa shape index (κ2) is 5.40. The molecule has 1 aliphatic rings. The van der Waals surface area contributed by atoms with Gasteiger partial charge in [0, 0.05) is 38.3 Å². The molecule has 1 saturated heterocycles. The van der Waals surface area contributed by atoms with Gasteiger partial charge >= 0.3 is 0 Å². The highest BCUT2D eigenvalue weighted by Crippen LogP contribution is 2.18. The van der Waals surface area contributed by atoms with Gasteiger partial charge in [-0.3, -0.25) is 14.9 Å². The topological polar surface area (TPSA) is 80.4 Å². The van der Waals surface area contributed by atoms with Crippen molar-refractivity contribution >= 4 is 11.6 Å². The first-order chi connectivity index (χ1) is 9.02. The monoisotopic (exact) mass is 266 g/mol. The van der Waals surface area contributed by atoms with Gasteiger partial charge in [0.15, 0.2) is 0 Å². The summed E-state index contributed by atoms with van der Waals surface area (Å²) in [7, 11) is 0. The fraction of sp³-hybridized carbons (Fsp3) is 0.583. The van der Waals surface area contributed by atoms with E-state index in [1.807, 2.05) is 13.8 Å². The molecule has 2 heterocycles. The predicted octanol–water partition coefficient (Wildman–Crippen LogP) is 0.850. The molecule has 1 atom stereocenters. The fourth-order valence-corrected chi connectivity index (χ4v) is 2.31. The molecule has 1 amide bonds. The SMILES string of the molecule is CCn1cc([N+](=O)[O-])cc1C(=O)N1CCNC(C)C1. The van der Waals surface area contributed by atoms with Gasteiger partial charge in [0.1, 0.15) is 5.69 Å². The number of nitrogens with one attached hydrogen (secondary N) is 1. The number of hydrogen-bond acceptors (Lipinski definition) is 4. The van der Waals surface area contributed by atoms with E-state index < -0.39 is 4.92 Å². The Morgan fingerprint density at radius 2 is 2.37 bits per heavy atom. The second-order valence-corrected chi connectivity index (χ2v) is 4.73. The largest absolute Gasteiger partial charge is 0.337 e. The van der Waals surface area contributed by atoms with Crippen molar-refractivity contribution in [3.05, 3.63) is 28.1 Å². The maximum Gasteiger partial charge on any atom is 0.287 e. The highest BCUT2D eigenvalue weighted by atomic mass is 16.6. The maximum absolute atomic E-state index is 12.4. The van der Waals surface area contributed by atoms with E-state index in [0.717, 1.165) is 6.54 Å². The van der Waals surface area contributed by atoms with Gasteiger partial charge in [-0.2, -0.15) is 0 Å². The minimum absolute atomic E-state index is 0.0339. The van der Waals surface area contributed by atoms with E-state index in [1.165, 1.54) is 12.3 Å². The van der Waals surface area contributed by atoms with E-state index in [2.05, 4.69) is 5.32 Å². The predicted molar refractivity (Wildman–Crippen MR) is 70.1 cm³/mol. The molecule has 0 saturated carbocycles. The number of rotatable bonds is 3. The molecule has 0 radical (unpaired) electrons. The van der Waals surface area contributed by atoms with Crippen LogP contribution in [0.4, 0.5) is 5.69 Å². The van der Waals surface area contributed by atoms with Crippen molar-refractivity contribution in [1.29, 1.82) is 0 Å². The number of aromatic nitrogens is 1. The molecule has 0 aromatic carbocycles. The van der Waals surface area contributed by atoms with Gasteiger partial charge in [-0.05, 0) is 13.8 Å². The Labute approximate surface area is 111 Å². The molecule has 1 aliphatic heterocycles. The summed E-state index contributed by atoms with van der Waals surface area (Å²) in [6.45, 7) is 6.42. The molecule has 19 heavy (non-hydrogen) atoms. The molecule has 7 heteroatoms. The average Bonchev–Trinajstić information content (AvgIpc) is 2.82. The van der Waals surface area contributed by atoms with Crippen LogP contribution in [0.5, 0.6) is 0 Å². The zero-order valence-corrected chi connectivity index (χ0v) is 11.1. The lowest BCUT2D eigenvalue weighted by Crippen LogP contribution is -2.51. The number of amides is 1. The third-order valence-electron chi connectivity index (χ3n) is 3.31. The van der Waals surface area contributed by atoms with Crippen LogP contribution in [0.15, 0.2) is 12.3 Å². The van der Waals surface area contributed by atoms with Gasteiger partial charge in [0.05, 0.1) is 11.1 Å². The van der Waals surface area contributed by atoms with Crippen molar-refractivity contribution in [3.8, 4) is 0 Å². The van der Waals surface area contributed by atoms with Crippen LogP contribution >= 0.6 is 0 Å². The Hall–Kier alpha value is -1.89. The normalized spacial score (nSPS) is 19.5. The quantitative estimate of drug-likeness (QED) is 0.649. The molecule has 7 nitrogen and oxygen atoms in total. The molecule has 0 spiro atoms. The van der Waals surface area contributed by atoms with E-state index in [4.69, 9.17) is 0 Å². The summed E-state index contributed by atoms with van der Waals surface area (Å²) in [5, 5.41) is 14.1. The van der Waals surface area contributed by atoms with Crippen LogP contribution in [0.2, 0.25) is 0 Å². The fourth-order valence-electron chi connectivity index (χ4n) is 2.31. The molecule has 2 rings (SSSR count). The lowest BCUT2D eigenvalue weighted by Gasteiger charge is -2.32. The van der Waals surface area contributed by atoms with Crippen LogP contribution in [-0.2, 0) is 6.54 Å². The highest BCUT2D eigenvalue weighted by molar-refractivity contribution is 5.93. The van der Waals surface area contributed by atoms with Crippen LogP contribution in [0.3, 0.4) is 0 Å². The molecule has 1 aromatic heterocycles. The number of carbonyl (C=O) groups is 1. The lowest BCUT2D eigenvalue weighted by atomic mass is 10.2. The number of nitrogens with zero attached hydrogens (tertiary/aromatic N) is 3. The standard InChI is InChI=1S/C12H18N4O3/c1-3-14-8-10(16(18)19)6-11(14)12(17)15-5-4-13-9(2)7-15/h6,8-9,13H,3-5,7H2,1-2H3. The molecule has 1 unspecified atom stereocenters. The van der Waals surface area contributed by atoms with Crippen LogP contribution < -0.4 is 5.32 Å². The van der Waals surface area contributed by atoms with E-state index in [1.54, 1.807) is 9.47 Å². The molecule has 104 valence electrons. The summed E-state index contributed by atoms with van der Waals surface area (Å²) in [6.07, 6.45) is 1.42. The van der Waals surface area contributed by atoms with Crippen molar-refractivity contribution in [2.45, 2.75) is 26.4 Å². The molecule has 1 aromatic rings. The van der Waals surface area contributed by atoms with Gasteiger partial charge in [-0.1, -0.05) is 0 Å². The van der Waals surface area contributed by atoms with Crippen molar-refractivity contribution < 1.29 is 9.72 Å². The third kappa shape index (κ3) is 2.76. The number of hydrogen-bond donors (Lipinski definition) is 1. The van der Waals surface area contributed by atoms with Gasteiger partial charge in [0.25, 0.3) is 11.6 Å².